The van der Waals surface area contributed by atoms with Gasteiger partial charge in [0.05, 0.1) is 25.0 Å². The monoisotopic (exact) mass is 320 g/mol. The lowest BCUT2D eigenvalue weighted by molar-refractivity contribution is -0.155. The van der Waals surface area contributed by atoms with E-state index in [1.165, 1.54) is 0 Å². The highest BCUT2D eigenvalue weighted by Gasteiger charge is 2.23. The SMILES string of the molecule is CC(COC(=O)CC(C)c1ccccc1)COC(=O)C(C)(C)C. The Balaban J connectivity index is 2.29. The average molecular weight is 320 g/mol. The van der Waals surface area contributed by atoms with Crippen LogP contribution in [0, 0.1) is 11.3 Å². The van der Waals surface area contributed by atoms with Gasteiger partial charge in [0.1, 0.15) is 0 Å². The number of rotatable bonds is 7. The first kappa shape index (κ1) is 19.2. The Morgan fingerprint density at radius 3 is 2.13 bits per heavy atom. The molecular formula is C19H28O4. The molecule has 0 radical (unpaired) electrons. The largest absolute Gasteiger partial charge is 0.465 e. The zero-order valence-corrected chi connectivity index (χ0v) is 14.8. The number of hydrogen-bond acceptors (Lipinski definition) is 4. The van der Waals surface area contributed by atoms with Gasteiger partial charge in [0, 0.05) is 5.92 Å². The first-order valence-corrected chi connectivity index (χ1v) is 8.08. The van der Waals surface area contributed by atoms with E-state index in [1.54, 1.807) is 0 Å². The van der Waals surface area contributed by atoms with E-state index >= 15 is 0 Å². The molecule has 1 rings (SSSR count). The summed E-state index contributed by atoms with van der Waals surface area (Å²) in [6.07, 6.45) is 0.346. The Morgan fingerprint density at radius 2 is 1.57 bits per heavy atom. The third-order valence-electron chi connectivity index (χ3n) is 3.48. The van der Waals surface area contributed by atoms with Crippen LogP contribution in [0.1, 0.15) is 52.5 Å². The van der Waals surface area contributed by atoms with Gasteiger partial charge in [-0.25, -0.2) is 0 Å². The summed E-state index contributed by atoms with van der Waals surface area (Å²) in [6.45, 7) is 9.85. The molecule has 0 aliphatic carbocycles. The van der Waals surface area contributed by atoms with Gasteiger partial charge in [-0.05, 0) is 32.3 Å². The van der Waals surface area contributed by atoms with Gasteiger partial charge in [-0.3, -0.25) is 9.59 Å². The maximum absolute atomic E-state index is 11.9. The third-order valence-corrected chi connectivity index (χ3v) is 3.48. The quantitative estimate of drug-likeness (QED) is 0.714. The fraction of sp³-hybridized carbons (Fsp3) is 0.579. The topological polar surface area (TPSA) is 52.6 Å². The first-order valence-electron chi connectivity index (χ1n) is 8.08. The molecule has 0 fully saturated rings. The van der Waals surface area contributed by atoms with Gasteiger partial charge in [-0.1, -0.05) is 44.2 Å². The fourth-order valence-electron chi connectivity index (χ4n) is 1.93. The van der Waals surface area contributed by atoms with E-state index in [-0.39, 0.29) is 37.0 Å². The van der Waals surface area contributed by atoms with Crippen molar-refractivity contribution in [3.63, 3.8) is 0 Å². The zero-order chi connectivity index (χ0) is 17.5. The Bertz CT molecular complexity index is 502. The molecule has 1 aromatic rings. The smallest absolute Gasteiger partial charge is 0.311 e. The molecule has 0 saturated carbocycles. The molecule has 0 amide bonds. The maximum Gasteiger partial charge on any atom is 0.311 e. The molecule has 1 aromatic carbocycles. The summed E-state index contributed by atoms with van der Waals surface area (Å²) in [5.74, 6) is -0.362. The van der Waals surface area contributed by atoms with Crippen molar-refractivity contribution in [2.45, 2.75) is 47.0 Å². The van der Waals surface area contributed by atoms with Crippen molar-refractivity contribution < 1.29 is 19.1 Å². The van der Waals surface area contributed by atoms with E-state index in [2.05, 4.69) is 0 Å². The lowest BCUT2D eigenvalue weighted by atomic mass is 9.97. The normalized spacial score (nSPS) is 14.0. The molecular weight excluding hydrogens is 292 g/mol. The summed E-state index contributed by atoms with van der Waals surface area (Å²) < 4.78 is 10.5. The molecule has 2 atom stereocenters. The van der Waals surface area contributed by atoms with Crippen molar-refractivity contribution in [3.05, 3.63) is 35.9 Å². The molecule has 128 valence electrons. The predicted octanol–water partition coefficient (Wildman–Crippen LogP) is 3.95. The molecule has 0 aromatic heterocycles. The summed E-state index contributed by atoms with van der Waals surface area (Å²) in [4.78, 5) is 23.6. The number of benzene rings is 1. The van der Waals surface area contributed by atoms with Crippen molar-refractivity contribution in [2.75, 3.05) is 13.2 Å². The lowest BCUT2D eigenvalue weighted by Crippen LogP contribution is -2.26. The van der Waals surface area contributed by atoms with Gasteiger partial charge in [0.15, 0.2) is 0 Å². The van der Waals surface area contributed by atoms with Crippen LogP contribution in [0.4, 0.5) is 0 Å². The highest BCUT2D eigenvalue weighted by Crippen LogP contribution is 2.19. The minimum atomic E-state index is -0.512. The lowest BCUT2D eigenvalue weighted by Gasteiger charge is -2.19. The van der Waals surface area contributed by atoms with Gasteiger partial charge < -0.3 is 9.47 Å². The molecule has 4 heteroatoms. The van der Waals surface area contributed by atoms with Crippen molar-refractivity contribution in [2.24, 2.45) is 11.3 Å². The number of carbonyl (C=O) groups excluding carboxylic acids is 2. The first-order chi connectivity index (χ1) is 10.7. The van der Waals surface area contributed by atoms with Crippen molar-refractivity contribution >= 4 is 11.9 Å². The van der Waals surface area contributed by atoms with Gasteiger partial charge in [0.2, 0.25) is 0 Å². The van der Waals surface area contributed by atoms with E-state index in [1.807, 2.05) is 65.0 Å². The number of ether oxygens (including phenoxy) is 2. The minimum absolute atomic E-state index is 0.0164. The average Bonchev–Trinajstić information content (AvgIpc) is 2.50. The highest BCUT2D eigenvalue weighted by molar-refractivity contribution is 5.75. The van der Waals surface area contributed by atoms with E-state index in [4.69, 9.17) is 9.47 Å². The van der Waals surface area contributed by atoms with E-state index in [9.17, 15) is 9.59 Å². The van der Waals surface area contributed by atoms with Crippen molar-refractivity contribution in [3.8, 4) is 0 Å². The molecule has 0 heterocycles. The number of carbonyl (C=O) groups is 2. The van der Waals surface area contributed by atoms with Crippen LogP contribution in [-0.4, -0.2) is 25.2 Å². The second kappa shape index (κ2) is 8.70. The zero-order valence-electron chi connectivity index (χ0n) is 14.8. The highest BCUT2D eigenvalue weighted by atomic mass is 16.5. The van der Waals surface area contributed by atoms with E-state index < -0.39 is 5.41 Å². The van der Waals surface area contributed by atoms with Gasteiger partial charge in [-0.15, -0.1) is 0 Å². The standard InChI is InChI=1S/C19H28O4/c1-14(13-23-18(21)19(3,4)5)12-22-17(20)11-15(2)16-9-7-6-8-10-16/h6-10,14-15H,11-13H2,1-5H3. The molecule has 4 nitrogen and oxygen atoms in total. The molecule has 0 bridgehead atoms. The second-order valence-electron chi connectivity index (χ2n) is 7.15. The van der Waals surface area contributed by atoms with Crippen molar-refractivity contribution in [1.29, 1.82) is 0 Å². The maximum atomic E-state index is 11.9. The van der Waals surface area contributed by atoms with Crippen LogP contribution >= 0.6 is 0 Å². The van der Waals surface area contributed by atoms with Crippen molar-refractivity contribution in [1.82, 2.24) is 0 Å². The van der Waals surface area contributed by atoms with Crippen LogP contribution < -0.4 is 0 Å². The van der Waals surface area contributed by atoms with Gasteiger partial charge >= 0.3 is 11.9 Å². The number of hydrogen-bond donors (Lipinski definition) is 0. The molecule has 0 spiro atoms. The molecule has 0 saturated heterocycles. The second-order valence-corrected chi connectivity index (χ2v) is 7.15. The summed E-state index contributed by atoms with van der Waals surface area (Å²) in [5.41, 5.74) is 0.609. The Hall–Kier alpha value is -1.84. The summed E-state index contributed by atoms with van der Waals surface area (Å²) in [7, 11) is 0. The molecule has 0 aliphatic rings. The van der Waals surface area contributed by atoms with Crippen LogP contribution in [0.25, 0.3) is 0 Å². The Labute approximate surface area is 139 Å². The van der Waals surface area contributed by atoms with Crippen LogP contribution in [0.5, 0.6) is 0 Å². The predicted molar refractivity (Wildman–Crippen MR) is 90.0 cm³/mol. The summed E-state index contributed by atoms with van der Waals surface area (Å²) in [5, 5.41) is 0. The Kier molecular flexibility index (Phi) is 7.27. The minimum Gasteiger partial charge on any atom is -0.465 e. The third kappa shape index (κ3) is 7.31. The number of esters is 2. The van der Waals surface area contributed by atoms with Gasteiger partial charge in [-0.2, -0.15) is 0 Å². The molecule has 0 N–H and O–H groups in total. The summed E-state index contributed by atoms with van der Waals surface area (Å²) >= 11 is 0. The van der Waals surface area contributed by atoms with Crippen LogP contribution in [-0.2, 0) is 19.1 Å². The van der Waals surface area contributed by atoms with E-state index in [0.717, 1.165) is 5.56 Å². The molecule has 23 heavy (non-hydrogen) atoms. The fourth-order valence-corrected chi connectivity index (χ4v) is 1.93. The molecule has 2 unspecified atom stereocenters. The van der Waals surface area contributed by atoms with Gasteiger partial charge in [0.25, 0.3) is 0 Å². The van der Waals surface area contributed by atoms with Crippen LogP contribution in [0.3, 0.4) is 0 Å². The van der Waals surface area contributed by atoms with E-state index in [0.29, 0.717) is 6.42 Å². The van der Waals surface area contributed by atoms with Crippen LogP contribution in [0.2, 0.25) is 0 Å². The Morgan fingerprint density at radius 1 is 1.00 bits per heavy atom. The van der Waals surface area contributed by atoms with Crippen LogP contribution in [0.15, 0.2) is 30.3 Å². The summed E-state index contributed by atoms with van der Waals surface area (Å²) in [6, 6.07) is 9.89. The molecule has 0 aliphatic heterocycles.